The Kier molecular flexibility index (Phi) is 17.8. The molecule has 0 aliphatic rings. The fourth-order valence-corrected chi connectivity index (χ4v) is 3.99. The van der Waals surface area contributed by atoms with E-state index in [1.54, 1.807) is 0 Å². The van der Waals surface area contributed by atoms with Crippen molar-refractivity contribution in [2.75, 3.05) is 19.6 Å². The maximum absolute atomic E-state index is 13.1. The van der Waals surface area contributed by atoms with E-state index in [4.69, 9.17) is 0 Å². The van der Waals surface area contributed by atoms with Gasteiger partial charge >= 0.3 is 6.03 Å². The summed E-state index contributed by atoms with van der Waals surface area (Å²) < 4.78 is 0. The lowest BCUT2D eigenvalue weighted by Crippen LogP contribution is -2.46. The van der Waals surface area contributed by atoms with Gasteiger partial charge in [-0.1, -0.05) is 99.3 Å². The molecule has 168 valence electrons. The van der Waals surface area contributed by atoms with Gasteiger partial charge in [0.25, 0.3) is 0 Å². The first kappa shape index (κ1) is 27.3. The third-order valence-electron chi connectivity index (χ3n) is 6.42. The normalized spacial score (nSPS) is 14.5. The van der Waals surface area contributed by atoms with Gasteiger partial charge in [0, 0.05) is 19.6 Å². The SMILES string of the molecule is CCCCC(CC)CNC(=O)N(CC(CC)CCCC)CC(CC)CCCC. The molecule has 0 aliphatic heterocycles. The Hall–Kier alpha value is -0.730. The van der Waals surface area contributed by atoms with Crippen LogP contribution in [-0.2, 0) is 0 Å². The maximum atomic E-state index is 13.1. The van der Waals surface area contributed by atoms with Gasteiger partial charge in [-0.2, -0.15) is 0 Å². The molecule has 0 aromatic carbocycles. The van der Waals surface area contributed by atoms with Gasteiger partial charge in [0.1, 0.15) is 0 Å². The lowest BCUT2D eigenvalue weighted by molar-refractivity contribution is 0.167. The first-order chi connectivity index (χ1) is 13.6. The summed E-state index contributed by atoms with van der Waals surface area (Å²) in [6.07, 6.45) is 14.8. The van der Waals surface area contributed by atoms with Gasteiger partial charge < -0.3 is 10.2 Å². The monoisotopic (exact) mass is 396 g/mol. The van der Waals surface area contributed by atoms with E-state index in [1.807, 2.05) is 0 Å². The Morgan fingerprint density at radius 2 is 1.07 bits per heavy atom. The van der Waals surface area contributed by atoms with Crippen molar-refractivity contribution in [3.63, 3.8) is 0 Å². The molecule has 0 radical (unpaired) electrons. The van der Waals surface area contributed by atoms with Crippen LogP contribution in [0.2, 0.25) is 0 Å². The Morgan fingerprint density at radius 3 is 1.43 bits per heavy atom. The zero-order valence-corrected chi connectivity index (χ0v) is 20.2. The Labute approximate surface area is 177 Å². The summed E-state index contributed by atoms with van der Waals surface area (Å²) in [5, 5.41) is 3.30. The fourth-order valence-electron chi connectivity index (χ4n) is 3.99. The summed E-state index contributed by atoms with van der Waals surface area (Å²) in [5.41, 5.74) is 0. The first-order valence-corrected chi connectivity index (χ1v) is 12.6. The van der Waals surface area contributed by atoms with Gasteiger partial charge in [0.05, 0.1) is 0 Å². The van der Waals surface area contributed by atoms with Gasteiger partial charge in [0.2, 0.25) is 0 Å². The molecular formula is C25H52N2O. The van der Waals surface area contributed by atoms with Crippen molar-refractivity contribution in [2.24, 2.45) is 17.8 Å². The van der Waals surface area contributed by atoms with Crippen LogP contribution in [0.25, 0.3) is 0 Å². The molecule has 3 heteroatoms. The number of hydrogen-bond donors (Lipinski definition) is 1. The van der Waals surface area contributed by atoms with Crippen molar-refractivity contribution < 1.29 is 4.79 Å². The number of nitrogens with zero attached hydrogens (tertiary/aromatic N) is 1. The molecular weight excluding hydrogens is 344 g/mol. The van der Waals surface area contributed by atoms with Crippen molar-refractivity contribution in [3.8, 4) is 0 Å². The number of rotatable bonds is 18. The Bertz CT molecular complexity index is 340. The summed E-state index contributed by atoms with van der Waals surface area (Å²) >= 11 is 0. The fraction of sp³-hybridized carbons (Fsp3) is 0.960. The van der Waals surface area contributed by atoms with Crippen LogP contribution in [-0.4, -0.2) is 30.6 Å². The minimum absolute atomic E-state index is 0.180. The van der Waals surface area contributed by atoms with Gasteiger partial charge in [-0.15, -0.1) is 0 Å². The molecule has 0 bridgehead atoms. The predicted molar refractivity (Wildman–Crippen MR) is 125 cm³/mol. The van der Waals surface area contributed by atoms with E-state index >= 15 is 0 Å². The molecule has 0 saturated heterocycles. The number of carbonyl (C=O) groups excluding carboxylic acids is 1. The standard InChI is InChI=1S/C25H52N2O/c1-7-13-16-22(10-4)19-26-25(28)27(20-23(11-5)17-14-8-2)21-24(12-6)18-15-9-3/h22-24H,7-21H2,1-6H3,(H,26,28). The van der Waals surface area contributed by atoms with Gasteiger partial charge in [-0.25, -0.2) is 4.79 Å². The highest BCUT2D eigenvalue weighted by Gasteiger charge is 2.21. The van der Waals surface area contributed by atoms with E-state index in [2.05, 4.69) is 51.8 Å². The van der Waals surface area contributed by atoms with E-state index in [0.29, 0.717) is 17.8 Å². The smallest absolute Gasteiger partial charge is 0.317 e. The summed E-state index contributed by atoms with van der Waals surface area (Å²) in [5.74, 6) is 1.89. The second-order valence-corrected chi connectivity index (χ2v) is 8.84. The van der Waals surface area contributed by atoms with Crippen LogP contribution in [0.5, 0.6) is 0 Å². The number of carbonyl (C=O) groups is 1. The molecule has 0 aromatic rings. The number of nitrogens with one attached hydrogen (secondary N) is 1. The van der Waals surface area contributed by atoms with Gasteiger partial charge in [-0.3, -0.25) is 0 Å². The number of amides is 2. The highest BCUT2D eigenvalue weighted by molar-refractivity contribution is 5.74. The molecule has 0 fully saturated rings. The Morgan fingerprint density at radius 1 is 0.679 bits per heavy atom. The topological polar surface area (TPSA) is 32.3 Å². The number of unbranched alkanes of at least 4 members (excludes halogenated alkanes) is 3. The van der Waals surface area contributed by atoms with Crippen molar-refractivity contribution in [2.45, 2.75) is 119 Å². The minimum atomic E-state index is 0.180. The second kappa shape index (κ2) is 18.3. The van der Waals surface area contributed by atoms with Crippen LogP contribution in [0.3, 0.4) is 0 Å². The summed E-state index contributed by atoms with van der Waals surface area (Å²) in [6.45, 7) is 16.3. The van der Waals surface area contributed by atoms with E-state index in [-0.39, 0.29) is 6.03 Å². The molecule has 28 heavy (non-hydrogen) atoms. The molecule has 0 spiro atoms. The largest absolute Gasteiger partial charge is 0.338 e. The molecule has 0 heterocycles. The second-order valence-electron chi connectivity index (χ2n) is 8.84. The summed E-state index contributed by atoms with van der Waals surface area (Å²) in [6, 6.07) is 0.180. The van der Waals surface area contributed by atoms with E-state index in [0.717, 1.165) is 26.1 Å². The van der Waals surface area contributed by atoms with Crippen LogP contribution in [0.4, 0.5) is 4.79 Å². The van der Waals surface area contributed by atoms with Crippen LogP contribution < -0.4 is 5.32 Å². The van der Waals surface area contributed by atoms with E-state index in [9.17, 15) is 4.79 Å². The lowest BCUT2D eigenvalue weighted by Gasteiger charge is -2.31. The predicted octanol–water partition coefficient (Wildman–Crippen LogP) is 7.65. The van der Waals surface area contributed by atoms with Gasteiger partial charge in [-0.05, 0) is 37.0 Å². The quantitative estimate of drug-likeness (QED) is 0.253. The molecule has 3 nitrogen and oxygen atoms in total. The van der Waals surface area contributed by atoms with Crippen LogP contribution in [0, 0.1) is 17.8 Å². The first-order valence-electron chi connectivity index (χ1n) is 12.6. The molecule has 2 amide bonds. The minimum Gasteiger partial charge on any atom is -0.338 e. The van der Waals surface area contributed by atoms with Crippen LogP contribution in [0.15, 0.2) is 0 Å². The average molecular weight is 397 g/mol. The van der Waals surface area contributed by atoms with Crippen molar-refractivity contribution in [1.82, 2.24) is 10.2 Å². The maximum Gasteiger partial charge on any atom is 0.317 e. The zero-order chi connectivity index (χ0) is 21.2. The van der Waals surface area contributed by atoms with Crippen molar-refractivity contribution in [1.29, 1.82) is 0 Å². The van der Waals surface area contributed by atoms with Crippen LogP contribution >= 0.6 is 0 Å². The molecule has 3 atom stereocenters. The third kappa shape index (κ3) is 12.7. The van der Waals surface area contributed by atoms with Crippen LogP contribution in [0.1, 0.15) is 119 Å². The Balaban J connectivity index is 4.93. The van der Waals surface area contributed by atoms with E-state index in [1.165, 1.54) is 70.6 Å². The molecule has 0 saturated carbocycles. The average Bonchev–Trinajstić information content (AvgIpc) is 2.72. The van der Waals surface area contributed by atoms with Gasteiger partial charge in [0.15, 0.2) is 0 Å². The molecule has 0 aliphatic carbocycles. The summed E-state index contributed by atoms with van der Waals surface area (Å²) in [7, 11) is 0. The molecule has 1 N–H and O–H groups in total. The highest BCUT2D eigenvalue weighted by Crippen LogP contribution is 2.19. The van der Waals surface area contributed by atoms with Crippen molar-refractivity contribution >= 4 is 6.03 Å². The number of hydrogen-bond acceptors (Lipinski definition) is 1. The van der Waals surface area contributed by atoms with Crippen molar-refractivity contribution in [3.05, 3.63) is 0 Å². The number of urea groups is 1. The zero-order valence-electron chi connectivity index (χ0n) is 20.2. The van der Waals surface area contributed by atoms with E-state index < -0.39 is 0 Å². The molecule has 0 aromatic heterocycles. The lowest BCUT2D eigenvalue weighted by atomic mass is 9.96. The highest BCUT2D eigenvalue weighted by atomic mass is 16.2. The third-order valence-corrected chi connectivity index (χ3v) is 6.42. The summed E-state index contributed by atoms with van der Waals surface area (Å²) in [4.78, 5) is 15.3. The molecule has 3 unspecified atom stereocenters. The molecule has 0 rings (SSSR count).